The quantitative estimate of drug-likeness (QED) is 0.808. The van der Waals surface area contributed by atoms with Gasteiger partial charge in [-0.3, -0.25) is 4.79 Å². The van der Waals surface area contributed by atoms with Crippen LogP contribution in [0.15, 0.2) is 39.6 Å². The molecule has 82 valence electrons. The highest BCUT2D eigenvalue weighted by Gasteiger charge is 2.09. The van der Waals surface area contributed by atoms with Crippen LogP contribution in [0, 0.1) is 0 Å². The van der Waals surface area contributed by atoms with Gasteiger partial charge in [0.05, 0.1) is 5.69 Å². The molecule has 0 aliphatic rings. The molecule has 16 heavy (non-hydrogen) atoms. The molecule has 0 unspecified atom stereocenters. The second-order valence-electron chi connectivity index (χ2n) is 2.98. The number of rotatable bonds is 1. The summed E-state index contributed by atoms with van der Waals surface area (Å²) in [5.41, 5.74) is 0.190. The van der Waals surface area contributed by atoms with Gasteiger partial charge in [-0.1, -0.05) is 35.3 Å². The molecule has 0 amide bonds. The van der Waals surface area contributed by atoms with Gasteiger partial charge in [0, 0.05) is 10.5 Å². The lowest BCUT2D eigenvalue weighted by molar-refractivity contribution is 0.804. The zero-order valence-electron chi connectivity index (χ0n) is 7.82. The summed E-state index contributed by atoms with van der Waals surface area (Å²) < 4.78 is 1.90. The van der Waals surface area contributed by atoms with E-state index in [-0.39, 0.29) is 10.2 Å². The Morgan fingerprint density at radius 3 is 2.62 bits per heavy atom. The number of para-hydroxylation sites is 1. The average Bonchev–Trinajstić information content (AvgIpc) is 2.24. The van der Waals surface area contributed by atoms with Gasteiger partial charge in [0.25, 0.3) is 5.56 Å². The summed E-state index contributed by atoms with van der Waals surface area (Å²) in [6.07, 6.45) is 0. The predicted octanol–water partition coefficient (Wildman–Crippen LogP) is 3.30. The van der Waals surface area contributed by atoms with E-state index < -0.39 is 5.56 Å². The first-order chi connectivity index (χ1) is 7.59. The number of hydrogen-bond donors (Lipinski definition) is 0. The first kappa shape index (κ1) is 11.6. The van der Waals surface area contributed by atoms with Crippen LogP contribution in [0.3, 0.4) is 0 Å². The SMILES string of the molecule is O=c1c(Cl)cc(Cl)nn1-c1ccccc1Br. The zero-order chi connectivity index (χ0) is 11.7. The monoisotopic (exact) mass is 318 g/mol. The molecule has 0 bridgehead atoms. The normalized spacial score (nSPS) is 10.4. The van der Waals surface area contributed by atoms with Crippen molar-refractivity contribution in [1.29, 1.82) is 0 Å². The Kier molecular flexibility index (Phi) is 3.33. The van der Waals surface area contributed by atoms with Gasteiger partial charge in [-0.15, -0.1) is 0 Å². The Morgan fingerprint density at radius 2 is 1.94 bits per heavy atom. The minimum atomic E-state index is -0.405. The Bertz CT molecular complexity index is 598. The molecule has 6 heteroatoms. The van der Waals surface area contributed by atoms with Gasteiger partial charge >= 0.3 is 0 Å². The van der Waals surface area contributed by atoms with Gasteiger partial charge in [0.1, 0.15) is 5.02 Å². The molecule has 0 saturated carbocycles. The molecule has 0 atom stereocenters. The van der Waals surface area contributed by atoms with E-state index in [0.29, 0.717) is 5.69 Å². The van der Waals surface area contributed by atoms with Crippen LogP contribution in [0.5, 0.6) is 0 Å². The van der Waals surface area contributed by atoms with Crippen molar-refractivity contribution in [1.82, 2.24) is 9.78 Å². The Balaban J connectivity index is 2.75. The van der Waals surface area contributed by atoms with Gasteiger partial charge in [-0.25, -0.2) is 0 Å². The van der Waals surface area contributed by atoms with Crippen molar-refractivity contribution in [3.63, 3.8) is 0 Å². The van der Waals surface area contributed by atoms with Crippen LogP contribution >= 0.6 is 39.1 Å². The van der Waals surface area contributed by atoms with Gasteiger partial charge in [-0.2, -0.15) is 9.78 Å². The maximum Gasteiger partial charge on any atom is 0.290 e. The Labute approximate surface area is 110 Å². The lowest BCUT2D eigenvalue weighted by Crippen LogP contribution is -2.21. The van der Waals surface area contributed by atoms with Gasteiger partial charge in [0.2, 0.25) is 0 Å². The standard InChI is InChI=1S/C10H5BrCl2N2O/c11-6-3-1-2-4-8(6)15-10(16)7(12)5-9(13)14-15/h1-5H. The molecule has 0 aliphatic carbocycles. The van der Waals surface area contributed by atoms with E-state index in [2.05, 4.69) is 21.0 Å². The fraction of sp³-hybridized carbons (Fsp3) is 0. The second-order valence-corrected chi connectivity index (χ2v) is 4.63. The van der Waals surface area contributed by atoms with Gasteiger partial charge in [0.15, 0.2) is 5.15 Å². The molecule has 3 nitrogen and oxygen atoms in total. The van der Waals surface area contributed by atoms with Crippen molar-refractivity contribution >= 4 is 39.1 Å². The number of nitrogens with zero attached hydrogens (tertiary/aromatic N) is 2. The van der Waals surface area contributed by atoms with Crippen LogP contribution in [0.4, 0.5) is 0 Å². The zero-order valence-corrected chi connectivity index (χ0v) is 10.9. The first-order valence-electron chi connectivity index (χ1n) is 4.30. The van der Waals surface area contributed by atoms with Crippen molar-refractivity contribution in [3.05, 3.63) is 55.3 Å². The van der Waals surface area contributed by atoms with Crippen molar-refractivity contribution in [2.45, 2.75) is 0 Å². The molecule has 0 N–H and O–H groups in total. The molecule has 0 fully saturated rings. The fourth-order valence-corrected chi connectivity index (χ4v) is 2.10. The molecule has 2 rings (SSSR count). The van der Waals surface area contributed by atoms with Crippen molar-refractivity contribution < 1.29 is 0 Å². The third-order valence-corrected chi connectivity index (χ3v) is 3.04. The maximum absolute atomic E-state index is 11.8. The van der Waals surface area contributed by atoms with E-state index >= 15 is 0 Å². The largest absolute Gasteiger partial charge is 0.290 e. The molecule has 0 spiro atoms. The molecule has 1 aromatic heterocycles. The average molecular weight is 320 g/mol. The van der Waals surface area contributed by atoms with Crippen LogP contribution in [0.25, 0.3) is 5.69 Å². The first-order valence-corrected chi connectivity index (χ1v) is 5.85. The third kappa shape index (κ3) is 2.14. The number of hydrogen-bond acceptors (Lipinski definition) is 2. The highest BCUT2D eigenvalue weighted by Crippen LogP contribution is 2.19. The van der Waals surface area contributed by atoms with Crippen LogP contribution in [-0.4, -0.2) is 9.78 Å². The molecular weight excluding hydrogens is 315 g/mol. The van der Waals surface area contributed by atoms with Gasteiger partial charge in [-0.05, 0) is 28.1 Å². The van der Waals surface area contributed by atoms with Crippen LogP contribution in [0.1, 0.15) is 0 Å². The topological polar surface area (TPSA) is 34.9 Å². The minimum Gasteiger partial charge on any atom is -0.266 e. The number of benzene rings is 1. The minimum absolute atomic E-state index is 0.0377. The summed E-state index contributed by atoms with van der Waals surface area (Å²) in [6.45, 7) is 0. The van der Waals surface area contributed by atoms with E-state index in [9.17, 15) is 4.79 Å². The molecule has 1 aromatic carbocycles. The molecule has 1 heterocycles. The summed E-state index contributed by atoms with van der Waals surface area (Å²) in [5, 5.41) is 4.12. The fourth-order valence-electron chi connectivity index (χ4n) is 1.22. The molecule has 0 aliphatic heterocycles. The molecule has 2 aromatic rings. The third-order valence-electron chi connectivity index (χ3n) is 1.92. The second kappa shape index (κ2) is 4.57. The maximum atomic E-state index is 11.8. The lowest BCUT2D eigenvalue weighted by Gasteiger charge is -2.06. The van der Waals surface area contributed by atoms with E-state index in [4.69, 9.17) is 23.2 Å². The summed E-state index contributed by atoms with van der Waals surface area (Å²) in [5.74, 6) is 0. The lowest BCUT2D eigenvalue weighted by atomic mass is 10.3. The summed E-state index contributed by atoms with van der Waals surface area (Å²) in [6, 6.07) is 8.50. The van der Waals surface area contributed by atoms with Crippen molar-refractivity contribution in [2.24, 2.45) is 0 Å². The Hall–Kier alpha value is -0.840. The molecular formula is C10H5BrCl2N2O. The highest BCUT2D eigenvalue weighted by molar-refractivity contribution is 9.10. The van der Waals surface area contributed by atoms with Gasteiger partial charge < -0.3 is 0 Å². The van der Waals surface area contributed by atoms with Crippen molar-refractivity contribution in [2.75, 3.05) is 0 Å². The van der Waals surface area contributed by atoms with E-state index in [1.165, 1.54) is 6.07 Å². The summed E-state index contributed by atoms with van der Waals surface area (Å²) in [7, 11) is 0. The summed E-state index contributed by atoms with van der Waals surface area (Å²) in [4.78, 5) is 11.8. The predicted molar refractivity (Wildman–Crippen MR) is 67.6 cm³/mol. The highest BCUT2D eigenvalue weighted by atomic mass is 79.9. The molecule has 0 radical (unpaired) electrons. The van der Waals surface area contributed by atoms with E-state index in [1.54, 1.807) is 18.2 Å². The van der Waals surface area contributed by atoms with E-state index in [0.717, 1.165) is 9.15 Å². The smallest absolute Gasteiger partial charge is 0.266 e. The summed E-state index contributed by atoms with van der Waals surface area (Å²) >= 11 is 14.8. The van der Waals surface area contributed by atoms with Crippen molar-refractivity contribution in [3.8, 4) is 5.69 Å². The Morgan fingerprint density at radius 1 is 1.25 bits per heavy atom. The molecule has 0 saturated heterocycles. The van der Waals surface area contributed by atoms with Crippen LogP contribution in [0.2, 0.25) is 10.2 Å². The van der Waals surface area contributed by atoms with E-state index in [1.807, 2.05) is 6.07 Å². The number of aromatic nitrogens is 2. The van der Waals surface area contributed by atoms with Crippen LogP contribution in [-0.2, 0) is 0 Å². The number of halogens is 3. The van der Waals surface area contributed by atoms with Crippen LogP contribution < -0.4 is 5.56 Å².